The number of hydrogen-bond acceptors (Lipinski definition) is 3. The maximum Gasteiger partial charge on any atom is 0.161 e. The lowest BCUT2D eigenvalue weighted by Crippen LogP contribution is -2.28. The molecule has 0 aliphatic heterocycles. The van der Waals surface area contributed by atoms with Crippen LogP contribution in [0.5, 0.6) is 0 Å². The summed E-state index contributed by atoms with van der Waals surface area (Å²) in [5.74, 6) is 0.691. The van der Waals surface area contributed by atoms with E-state index in [1.54, 1.807) is 0 Å². The van der Waals surface area contributed by atoms with Crippen LogP contribution in [0.1, 0.15) is 22.3 Å². The lowest BCUT2D eigenvalue weighted by Gasteiger charge is -2.33. The molecule has 2 aromatic heterocycles. The molecule has 1 aliphatic carbocycles. The zero-order valence-electron chi connectivity index (χ0n) is 32.6. The number of fused-ring (bicyclic) bond motifs is 7. The van der Waals surface area contributed by atoms with Crippen molar-refractivity contribution in [1.82, 2.24) is 9.97 Å². The van der Waals surface area contributed by atoms with Crippen molar-refractivity contribution in [2.24, 2.45) is 0 Å². The maximum absolute atomic E-state index is 6.43. The van der Waals surface area contributed by atoms with E-state index >= 15 is 0 Å². The normalized spacial score (nSPS) is 12.8. The van der Waals surface area contributed by atoms with E-state index in [1.807, 2.05) is 12.1 Å². The second-order valence-corrected chi connectivity index (χ2v) is 15.6. The third-order valence-corrected chi connectivity index (χ3v) is 12.4. The molecule has 0 amide bonds. The lowest BCUT2D eigenvalue weighted by atomic mass is 9.67. The van der Waals surface area contributed by atoms with Crippen LogP contribution in [0.2, 0.25) is 0 Å². The minimum atomic E-state index is -0.517. The average molecular weight is 765 g/mol. The van der Waals surface area contributed by atoms with E-state index in [-0.39, 0.29) is 0 Å². The van der Waals surface area contributed by atoms with Gasteiger partial charge in [-0.05, 0) is 61.8 Å². The highest BCUT2D eigenvalue weighted by atomic mass is 16.3. The summed E-state index contributed by atoms with van der Waals surface area (Å²) in [5, 5.41) is 4.51. The average Bonchev–Trinajstić information content (AvgIpc) is 3.86. The molecule has 0 saturated heterocycles. The zero-order valence-corrected chi connectivity index (χ0v) is 32.6. The summed E-state index contributed by atoms with van der Waals surface area (Å²) < 4.78 is 6.43. The van der Waals surface area contributed by atoms with Gasteiger partial charge in [0.2, 0.25) is 0 Å². The molecule has 3 nitrogen and oxygen atoms in total. The first-order valence-electron chi connectivity index (χ1n) is 20.5. The van der Waals surface area contributed by atoms with Crippen molar-refractivity contribution in [3.8, 4) is 56.2 Å². The van der Waals surface area contributed by atoms with Gasteiger partial charge in [0.1, 0.15) is 11.2 Å². The highest BCUT2D eigenvalue weighted by Gasteiger charge is 2.46. The van der Waals surface area contributed by atoms with E-state index in [9.17, 15) is 0 Å². The first-order valence-corrected chi connectivity index (χ1v) is 20.5. The minimum Gasteiger partial charge on any atom is -0.455 e. The molecule has 60 heavy (non-hydrogen) atoms. The minimum absolute atomic E-state index is 0.517. The summed E-state index contributed by atoms with van der Waals surface area (Å²) in [7, 11) is 0. The summed E-state index contributed by atoms with van der Waals surface area (Å²) in [4.78, 5) is 10.9. The zero-order chi connectivity index (χ0) is 39.6. The van der Waals surface area contributed by atoms with Gasteiger partial charge in [0.15, 0.2) is 5.82 Å². The Labute approximate surface area is 347 Å². The molecule has 280 valence electrons. The third-order valence-electron chi connectivity index (χ3n) is 12.4. The molecule has 0 bridgehead atoms. The Bertz CT molecular complexity index is 3380. The highest BCUT2D eigenvalue weighted by molar-refractivity contribution is 6.09. The van der Waals surface area contributed by atoms with Crippen molar-refractivity contribution in [3.63, 3.8) is 0 Å². The van der Waals surface area contributed by atoms with Crippen LogP contribution in [0, 0.1) is 0 Å². The molecular weight excluding hydrogens is 729 g/mol. The standard InChI is InChI=1S/C57H36N2O/c1-3-18-40(19-4-1)57(41-20-5-2-6-21-41)49-29-11-9-24-47(49)54-48(28-15-30-50(54)57)52-36-51(58-56(59-52)46-27-13-17-37-16-7-8-22-42(37)46)39-34-32-38(33-35-39)43-25-14-26-45-44-23-10-12-31-53(44)60-55(43)45/h1-36H. The Morgan fingerprint density at radius 1 is 0.367 bits per heavy atom. The predicted octanol–water partition coefficient (Wildman–Crippen LogP) is 14.6. The van der Waals surface area contributed by atoms with Gasteiger partial charge in [-0.1, -0.05) is 206 Å². The van der Waals surface area contributed by atoms with E-state index in [0.29, 0.717) is 5.82 Å². The Morgan fingerprint density at radius 3 is 1.73 bits per heavy atom. The van der Waals surface area contributed by atoms with Gasteiger partial charge in [0.25, 0.3) is 0 Å². The van der Waals surface area contributed by atoms with Gasteiger partial charge in [-0.2, -0.15) is 0 Å². The maximum atomic E-state index is 6.43. The quantitative estimate of drug-likeness (QED) is 0.169. The van der Waals surface area contributed by atoms with Gasteiger partial charge in [-0.15, -0.1) is 0 Å². The van der Waals surface area contributed by atoms with Gasteiger partial charge in [0, 0.05) is 33.0 Å². The first-order chi connectivity index (χ1) is 29.8. The molecular formula is C57H36N2O. The monoisotopic (exact) mass is 764 g/mol. The van der Waals surface area contributed by atoms with Crippen molar-refractivity contribution in [1.29, 1.82) is 0 Å². The first kappa shape index (κ1) is 34.2. The second-order valence-electron chi connectivity index (χ2n) is 15.6. The van der Waals surface area contributed by atoms with E-state index in [0.717, 1.165) is 71.9 Å². The fourth-order valence-corrected chi connectivity index (χ4v) is 9.78. The Kier molecular flexibility index (Phi) is 7.76. The number of furan rings is 1. The number of aromatic nitrogens is 2. The van der Waals surface area contributed by atoms with E-state index in [2.05, 4.69) is 206 Å². The van der Waals surface area contributed by atoms with Crippen LogP contribution >= 0.6 is 0 Å². The van der Waals surface area contributed by atoms with Crippen LogP contribution < -0.4 is 0 Å². The van der Waals surface area contributed by atoms with Crippen LogP contribution in [0.15, 0.2) is 223 Å². The molecule has 0 radical (unpaired) electrons. The van der Waals surface area contributed by atoms with Crippen LogP contribution in [0.25, 0.3) is 88.9 Å². The summed E-state index contributed by atoms with van der Waals surface area (Å²) in [6.45, 7) is 0. The largest absolute Gasteiger partial charge is 0.455 e. The van der Waals surface area contributed by atoms with Gasteiger partial charge in [-0.25, -0.2) is 9.97 Å². The van der Waals surface area contributed by atoms with Crippen molar-refractivity contribution in [2.75, 3.05) is 0 Å². The van der Waals surface area contributed by atoms with E-state index in [1.165, 1.54) is 33.4 Å². The fourth-order valence-electron chi connectivity index (χ4n) is 9.78. The molecule has 3 heteroatoms. The van der Waals surface area contributed by atoms with E-state index < -0.39 is 5.41 Å². The molecule has 0 N–H and O–H groups in total. The Hall–Kier alpha value is -7.88. The lowest BCUT2D eigenvalue weighted by molar-refractivity contribution is 0.670. The fraction of sp³-hybridized carbons (Fsp3) is 0.0175. The summed E-state index contributed by atoms with van der Waals surface area (Å²) in [6, 6.07) is 78.0. The van der Waals surface area contributed by atoms with Crippen LogP contribution in [-0.4, -0.2) is 9.97 Å². The van der Waals surface area contributed by atoms with Gasteiger partial charge < -0.3 is 4.42 Å². The van der Waals surface area contributed by atoms with Crippen LogP contribution in [0.4, 0.5) is 0 Å². The molecule has 0 spiro atoms. The van der Waals surface area contributed by atoms with Crippen LogP contribution in [0.3, 0.4) is 0 Å². The smallest absolute Gasteiger partial charge is 0.161 e. The molecule has 9 aromatic carbocycles. The van der Waals surface area contributed by atoms with Gasteiger partial charge in [-0.3, -0.25) is 0 Å². The second kappa shape index (κ2) is 13.6. The number of nitrogens with zero attached hydrogens (tertiary/aromatic N) is 2. The summed E-state index contributed by atoms with van der Waals surface area (Å²) in [6.07, 6.45) is 0. The number of benzene rings is 9. The number of para-hydroxylation sites is 2. The van der Waals surface area contributed by atoms with Crippen molar-refractivity contribution in [3.05, 3.63) is 241 Å². The molecule has 12 rings (SSSR count). The SMILES string of the molecule is c1ccc(C2(c3ccccc3)c3ccccc3-c3c(-c4cc(-c5ccc(-c6cccc7c6oc6ccccc67)cc5)nc(-c5cccc6ccccc56)n4)cccc32)cc1. The molecule has 1 aliphatic rings. The molecule has 0 unspecified atom stereocenters. The molecule has 11 aromatic rings. The molecule has 2 heterocycles. The number of hydrogen-bond donors (Lipinski definition) is 0. The van der Waals surface area contributed by atoms with Crippen molar-refractivity contribution >= 4 is 32.7 Å². The van der Waals surface area contributed by atoms with Gasteiger partial charge in [0.05, 0.1) is 16.8 Å². The Balaban J connectivity index is 1.08. The third kappa shape index (κ3) is 5.16. The molecule has 0 fully saturated rings. The van der Waals surface area contributed by atoms with Crippen LogP contribution in [-0.2, 0) is 5.41 Å². The molecule has 0 atom stereocenters. The molecule has 0 saturated carbocycles. The Morgan fingerprint density at radius 2 is 0.917 bits per heavy atom. The predicted molar refractivity (Wildman–Crippen MR) is 246 cm³/mol. The highest BCUT2D eigenvalue weighted by Crippen LogP contribution is 2.58. The van der Waals surface area contributed by atoms with Gasteiger partial charge >= 0.3 is 0 Å². The van der Waals surface area contributed by atoms with E-state index in [4.69, 9.17) is 14.4 Å². The summed E-state index contributed by atoms with van der Waals surface area (Å²) >= 11 is 0. The summed E-state index contributed by atoms with van der Waals surface area (Å²) in [5.41, 5.74) is 15.6. The number of rotatable bonds is 6. The topological polar surface area (TPSA) is 38.9 Å². The van der Waals surface area contributed by atoms with Crippen molar-refractivity contribution in [2.45, 2.75) is 5.41 Å². The van der Waals surface area contributed by atoms with Crippen molar-refractivity contribution < 1.29 is 4.42 Å².